The predicted molar refractivity (Wildman–Crippen MR) is 136 cm³/mol. The van der Waals surface area contributed by atoms with Crippen molar-refractivity contribution < 1.29 is 0 Å². The minimum absolute atomic E-state index is 1.01. The monoisotopic (exact) mass is 408 g/mol. The van der Waals surface area contributed by atoms with Crippen LogP contribution in [0.1, 0.15) is 22.3 Å². The zero-order valence-electron chi connectivity index (χ0n) is 18.0. The average molecular weight is 409 g/mol. The summed E-state index contributed by atoms with van der Waals surface area (Å²) in [7, 11) is 0. The summed E-state index contributed by atoms with van der Waals surface area (Å²) in [5.41, 5.74) is 11.5. The zero-order chi connectivity index (χ0) is 21.9. The van der Waals surface area contributed by atoms with Crippen LogP contribution in [0.5, 0.6) is 0 Å². The zero-order valence-corrected chi connectivity index (χ0v) is 18.0. The topological polar surface area (TPSA) is 0 Å². The van der Waals surface area contributed by atoms with Gasteiger partial charge in [0.2, 0.25) is 0 Å². The van der Waals surface area contributed by atoms with Crippen molar-refractivity contribution in [3.8, 4) is 0 Å². The molecule has 0 nitrogen and oxygen atoms in total. The first kappa shape index (κ1) is 19.8. The summed E-state index contributed by atoms with van der Waals surface area (Å²) in [5.74, 6) is 0. The van der Waals surface area contributed by atoms with Crippen molar-refractivity contribution >= 4 is 11.1 Å². The molecule has 0 radical (unpaired) electrons. The lowest BCUT2D eigenvalue weighted by Crippen LogP contribution is -2.17. The Bertz CT molecular complexity index is 1150. The number of benzene rings is 4. The van der Waals surface area contributed by atoms with Crippen molar-refractivity contribution in [1.29, 1.82) is 0 Å². The highest BCUT2D eigenvalue weighted by Crippen LogP contribution is 2.52. The third-order valence-electron chi connectivity index (χ3n) is 5.97. The lowest BCUT2D eigenvalue weighted by Gasteiger charge is -2.35. The molecule has 1 fully saturated rings. The van der Waals surface area contributed by atoms with E-state index in [0.29, 0.717) is 0 Å². The molecule has 0 aliphatic heterocycles. The van der Waals surface area contributed by atoms with E-state index in [1.807, 2.05) is 0 Å². The third-order valence-corrected chi connectivity index (χ3v) is 5.97. The summed E-state index contributed by atoms with van der Waals surface area (Å²) in [5, 5.41) is 0. The second kappa shape index (κ2) is 8.53. The Morgan fingerprint density at radius 3 is 0.781 bits per heavy atom. The van der Waals surface area contributed by atoms with E-state index in [1.54, 1.807) is 0 Å². The number of hydrogen-bond acceptors (Lipinski definition) is 0. The molecule has 0 unspecified atom stereocenters. The number of rotatable bonds is 4. The van der Waals surface area contributed by atoms with Crippen LogP contribution in [0.3, 0.4) is 0 Å². The van der Waals surface area contributed by atoms with Gasteiger partial charge in [0.15, 0.2) is 0 Å². The standard InChI is InChI=1S/C32H24/c1-23-24(2)30(32(27-19-11-5-12-20-27)28-21-13-6-14-22-28)29(23)31(25-15-7-3-8-16-25)26-17-9-4-10-18-26/h3-22H,1-2H2. The molecule has 0 spiro atoms. The van der Waals surface area contributed by atoms with E-state index in [4.69, 9.17) is 0 Å². The maximum atomic E-state index is 4.42. The Morgan fingerprint density at radius 2 is 0.562 bits per heavy atom. The molecule has 0 heteroatoms. The SMILES string of the molecule is C=C1C(=C)C(=C(c2ccccc2)c2ccccc2)C1=C(c1ccccc1)c1ccccc1. The lowest BCUT2D eigenvalue weighted by molar-refractivity contribution is 1.25. The van der Waals surface area contributed by atoms with E-state index in [0.717, 1.165) is 11.1 Å². The van der Waals surface area contributed by atoms with Gasteiger partial charge in [-0.25, -0.2) is 0 Å². The van der Waals surface area contributed by atoms with Gasteiger partial charge >= 0.3 is 0 Å². The molecule has 1 aliphatic carbocycles. The van der Waals surface area contributed by atoms with Crippen LogP contribution in [0, 0.1) is 0 Å². The van der Waals surface area contributed by atoms with Crippen molar-refractivity contribution in [2.24, 2.45) is 0 Å². The average Bonchev–Trinajstić information content (AvgIpc) is 2.88. The van der Waals surface area contributed by atoms with Gasteiger partial charge in [-0.1, -0.05) is 134 Å². The Labute approximate surface area is 190 Å². The van der Waals surface area contributed by atoms with Crippen LogP contribution < -0.4 is 0 Å². The van der Waals surface area contributed by atoms with Crippen LogP contribution in [-0.4, -0.2) is 0 Å². The highest BCUT2D eigenvalue weighted by atomic mass is 14.4. The normalized spacial score (nSPS) is 13.0. The fraction of sp³-hybridized carbons (Fsp3) is 0. The fourth-order valence-electron chi connectivity index (χ4n) is 4.42. The molecule has 0 heterocycles. The maximum absolute atomic E-state index is 4.42. The molecular weight excluding hydrogens is 384 g/mol. The fourth-order valence-corrected chi connectivity index (χ4v) is 4.42. The van der Waals surface area contributed by atoms with Gasteiger partial charge in [0.25, 0.3) is 0 Å². The molecule has 0 N–H and O–H groups in total. The van der Waals surface area contributed by atoms with Gasteiger partial charge in [-0.3, -0.25) is 0 Å². The van der Waals surface area contributed by atoms with Gasteiger partial charge in [0.1, 0.15) is 0 Å². The van der Waals surface area contributed by atoms with Crippen LogP contribution in [-0.2, 0) is 0 Å². The Kier molecular flexibility index (Phi) is 5.27. The van der Waals surface area contributed by atoms with Crippen LogP contribution in [0.15, 0.2) is 157 Å². The van der Waals surface area contributed by atoms with Crippen LogP contribution in [0.25, 0.3) is 11.1 Å². The Balaban J connectivity index is 1.88. The van der Waals surface area contributed by atoms with Gasteiger partial charge in [-0.15, -0.1) is 0 Å². The second-order valence-electron chi connectivity index (χ2n) is 7.92. The predicted octanol–water partition coefficient (Wildman–Crippen LogP) is 8.12. The van der Waals surface area contributed by atoms with Gasteiger partial charge in [0, 0.05) is 0 Å². The van der Waals surface area contributed by atoms with Crippen LogP contribution >= 0.6 is 0 Å². The van der Waals surface area contributed by atoms with Crippen molar-refractivity contribution in [3.63, 3.8) is 0 Å². The quantitative estimate of drug-likeness (QED) is 0.320. The summed E-state index contributed by atoms with van der Waals surface area (Å²) in [6.07, 6.45) is 0. The van der Waals surface area contributed by atoms with Crippen molar-refractivity contribution in [2.45, 2.75) is 0 Å². The summed E-state index contributed by atoms with van der Waals surface area (Å²) in [4.78, 5) is 0. The molecule has 4 aromatic carbocycles. The molecule has 0 aromatic heterocycles. The van der Waals surface area contributed by atoms with E-state index >= 15 is 0 Å². The first-order valence-electron chi connectivity index (χ1n) is 10.8. The summed E-state index contributed by atoms with van der Waals surface area (Å²) in [6.45, 7) is 8.85. The first-order valence-corrected chi connectivity index (χ1v) is 10.8. The van der Waals surface area contributed by atoms with Crippen molar-refractivity contribution in [2.75, 3.05) is 0 Å². The molecule has 5 rings (SSSR count). The molecule has 1 aliphatic rings. The molecule has 0 amide bonds. The van der Waals surface area contributed by atoms with E-state index < -0.39 is 0 Å². The third kappa shape index (κ3) is 3.46. The first-order chi connectivity index (χ1) is 15.8. The van der Waals surface area contributed by atoms with Gasteiger partial charge in [0.05, 0.1) is 0 Å². The summed E-state index contributed by atoms with van der Waals surface area (Å²) < 4.78 is 0. The van der Waals surface area contributed by atoms with Gasteiger partial charge in [-0.2, -0.15) is 0 Å². The largest absolute Gasteiger partial charge is 0.0905 e. The smallest absolute Gasteiger partial charge is 0.00143 e. The molecule has 4 aromatic rings. The summed E-state index contributed by atoms with van der Waals surface area (Å²) in [6, 6.07) is 42.3. The van der Waals surface area contributed by atoms with E-state index in [1.165, 1.54) is 44.5 Å². The van der Waals surface area contributed by atoms with Crippen molar-refractivity contribution in [3.05, 3.63) is 179 Å². The van der Waals surface area contributed by atoms with Crippen LogP contribution in [0.4, 0.5) is 0 Å². The molecule has 32 heavy (non-hydrogen) atoms. The highest BCUT2D eigenvalue weighted by molar-refractivity contribution is 6.03. The molecule has 0 saturated heterocycles. The molecule has 152 valence electrons. The summed E-state index contributed by atoms with van der Waals surface area (Å²) >= 11 is 0. The van der Waals surface area contributed by atoms with Crippen LogP contribution in [0.2, 0.25) is 0 Å². The maximum Gasteiger partial charge on any atom is -0.00143 e. The van der Waals surface area contributed by atoms with Gasteiger partial charge < -0.3 is 0 Å². The van der Waals surface area contributed by atoms with E-state index in [-0.39, 0.29) is 0 Å². The molecule has 0 atom stereocenters. The minimum atomic E-state index is 1.01. The highest BCUT2D eigenvalue weighted by Gasteiger charge is 2.33. The molecular formula is C32H24. The Hall–Kier alpha value is -4.16. The second-order valence-corrected chi connectivity index (χ2v) is 7.92. The van der Waals surface area contributed by atoms with Crippen molar-refractivity contribution in [1.82, 2.24) is 0 Å². The lowest BCUT2D eigenvalue weighted by atomic mass is 9.68. The molecule has 0 bridgehead atoms. The minimum Gasteiger partial charge on any atom is -0.0905 e. The van der Waals surface area contributed by atoms with Gasteiger partial charge in [-0.05, 0) is 55.7 Å². The number of hydrogen-bond donors (Lipinski definition) is 0. The van der Waals surface area contributed by atoms with E-state index in [2.05, 4.69) is 134 Å². The van der Waals surface area contributed by atoms with E-state index in [9.17, 15) is 0 Å². The number of allylic oxidation sites excluding steroid dienone is 4. The molecule has 1 saturated carbocycles. The Morgan fingerprint density at radius 1 is 0.344 bits per heavy atom.